The van der Waals surface area contributed by atoms with Crippen molar-refractivity contribution in [2.45, 2.75) is 33.7 Å². The van der Waals surface area contributed by atoms with Crippen molar-refractivity contribution in [2.75, 3.05) is 5.32 Å². The number of rotatable bonds is 3. The number of aryl methyl sites for hydroxylation is 2. The van der Waals surface area contributed by atoms with E-state index in [1.807, 2.05) is 19.1 Å². The van der Waals surface area contributed by atoms with E-state index in [4.69, 9.17) is 0 Å². The van der Waals surface area contributed by atoms with E-state index in [-0.39, 0.29) is 0 Å². The Morgan fingerprint density at radius 3 is 2.53 bits per heavy atom. The molecule has 0 aliphatic carbocycles. The predicted molar refractivity (Wildman–Crippen MR) is 71.8 cm³/mol. The maximum atomic E-state index is 4.52. The van der Waals surface area contributed by atoms with Gasteiger partial charge in [0.2, 0.25) is 5.95 Å². The van der Waals surface area contributed by atoms with Gasteiger partial charge >= 0.3 is 0 Å². The Kier molecular flexibility index (Phi) is 3.18. The van der Waals surface area contributed by atoms with Crippen molar-refractivity contribution < 1.29 is 0 Å². The number of benzene rings is 1. The van der Waals surface area contributed by atoms with Gasteiger partial charge in [-0.1, -0.05) is 18.2 Å². The monoisotopic (exact) mass is 229 g/mol. The van der Waals surface area contributed by atoms with E-state index in [2.05, 4.69) is 54.0 Å². The van der Waals surface area contributed by atoms with Crippen LogP contribution in [0.4, 0.5) is 11.6 Å². The van der Waals surface area contributed by atoms with E-state index < -0.39 is 0 Å². The summed E-state index contributed by atoms with van der Waals surface area (Å²) in [5, 5.41) is 3.39. The molecule has 0 aliphatic rings. The topological polar surface area (TPSA) is 29.9 Å². The number of hydrogen-bond acceptors (Lipinski definition) is 2. The number of para-hydroxylation sites is 1. The Bertz CT molecular complexity index is 512. The van der Waals surface area contributed by atoms with Gasteiger partial charge in [-0.2, -0.15) is 0 Å². The summed E-state index contributed by atoms with van der Waals surface area (Å²) in [5.74, 6) is 0.909. The van der Waals surface area contributed by atoms with E-state index in [0.717, 1.165) is 17.3 Å². The Hall–Kier alpha value is -1.77. The highest BCUT2D eigenvalue weighted by Crippen LogP contribution is 2.22. The molecule has 0 spiro atoms. The average molecular weight is 229 g/mol. The molecule has 3 nitrogen and oxygen atoms in total. The molecule has 1 N–H and O–H groups in total. The highest BCUT2D eigenvalue weighted by Gasteiger charge is 2.09. The van der Waals surface area contributed by atoms with Crippen LogP contribution in [-0.2, 0) is 0 Å². The zero-order chi connectivity index (χ0) is 12.4. The van der Waals surface area contributed by atoms with Crippen LogP contribution in [0.3, 0.4) is 0 Å². The van der Waals surface area contributed by atoms with Gasteiger partial charge in [0.05, 0.1) is 5.69 Å². The first-order chi connectivity index (χ1) is 8.08. The Morgan fingerprint density at radius 1 is 1.18 bits per heavy atom. The van der Waals surface area contributed by atoms with Gasteiger partial charge in [0.1, 0.15) is 0 Å². The summed E-state index contributed by atoms with van der Waals surface area (Å²) in [4.78, 5) is 4.52. The van der Waals surface area contributed by atoms with Crippen molar-refractivity contribution in [1.29, 1.82) is 0 Å². The SMILES string of the molecule is Cc1cn(C(C)C)c(Nc2ccccc2C)n1. The fraction of sp³-hybridized carbons (Fsp3) is 0.357. The van der Waals surface area contributed by atoms with Crippen molar-refractivity contribution in [2.24, 2.45) is 0 Å². The lowest BCUT2D eigenvalue weighted by molar-refractivity contribution is 0.607. The summed E-state index contributed by atoms with van der Waals surface area (Å²) in [6.45, 7) is 8.42. The number of aromatic nitrogens is 2. The summed E-state index contributed by atoms with van der Waals surface area (Å²) < 4.78 is 2.15. The molecule has 1 heterocycles. The van der Waals surface area contributed by atoms with Crippen LogP contribution in [0.2, 0.25) is 0 Å². The number of anilines is 2. The molecule has 2 rings (SSSR count). The lowest BCUT2D eigenvalue weighted by Gasteiger charge is -2.13. The van der Waals surface area contributed by atoms with E-state index >= 15 is 0 Å². The minimum Gasteiger partial charge on any atom is -0.325 e. The van der Waals surface area contributed by atoms with Crippen molar-refractivity contribution in [3.63, 3.8) is 0 Å². The van der Waals surface area contributed by atoms with Crippen LogP contribution in [0, 0.1) is 13.8 Å². The highest BCUT2D eigenvalue weighted by molar-refractivity contribution is 5.58. The fourth-order valence-corrected chi connectivity index (χ4v) is 1.84. The third kappa shape index (κ3) is 2.49. The smallest absolute Gasteiger partial charge is 0.207 e. The molecule has 1 aromatic carbocycles. The maximum absolute atomic E-state index is 4.52. The maximum Gasteiger partial charge on any atom is 0.207 e. The first-order valence-electron chi connectivity index (χ1n) is 5.96. The van der Waals surface area contributed by atoms with Crippen LogP contribution < -0.4 is 5.32 Å². The molecule has 0 atom stereocenters. The third-order valence-corrected chi connectivity index (χ3v) is 2.80. The second kappa shape index (κ2) is 4.62. The second-order valence-corrected chi connectivity index (χ2v) is 4.65. The first kappa shape index (κ1) is 11.7. The number of nitrogens with zero attached hydrogens (tertiary/aromatic N) is 2. The van der Waals surface area contributed by atoms with Crippen molar-refractivity contribution in [3.05, 3.63) is 41.7 Å². The summed E-state index contributed by atoms with van der Waals surface area (Å²) in [6, 6.07) is 8.65. The molecular formula is C14H19N3. The molecule has 0 bridgehead atoms. The fourth-order valence-electron chi connectivity index (χ4n) is 1.84. The van der Waals surface area contributed by atoms with Crippen LogP contribution in [0.5, 0.6) is 0 Å². The molecule has 2 aromatic rings. The summed E-state index contributed by atoms with van der Waals surface area (Å²) in [5.41, 5.74) is 3.37. The third-order valence-electron chi connectivity index (χ3n) is 2.80. The van der Waals surface area contributed by atoms with Crippen LogP contribution in [0.15, 0.2) is 30.5 Å². The number of hydrogen-bond donors (Lipinski definition) is 1. The van der Waals surface area contributed by atoms with Crippen LogP contribution >= 0.6 is 0 Å². The molecule has 0 aliphatic heterocycles. The second-order valence-electron chi connectivity index (χ2n) is 4.65. The van der Waals surface area contributed by atoms with E-state index in [9.17, 15) is 0 Å². The van der Waals surface area contributed by atoms with E-state index in [1.165, 1.54) is 5.56 Å². The predicted octanol–water partition coefficient (Wildman–Crippen LogP) is 3.82. The molecule has 0 unspecified atom stereocenters. The minimum atomic E-state index is 0.405. The largest absolute Gasteiger partial charge is 0.325 e. The van der Waals surface area contributed by atoms with Crippen LogP contribution in [0.25, 0.3) is 0 Å². The first-order valence-corrected chi connectivity index (χ1v) is 5.96. The lowest BCUT2D eigenvalue weighted by Crippen LogP contribution is -2.05. The molecule has 0 radical (unpaired) electrons. The summed E-state index contributed by atoms with van der Waals surface area (Å²) in [6.07, 6.45) is 2.07. The molecule has 0 amide bonds. The van der Waals surface area contributed by atoms with Crippen LogP contribution in [-0.4, -0.2) is 9.55 Å². The summed E-state index contributed by atoms with van der Waals surface area (Å²) in [7, 11) is 0. The van der Waals surface area contributed by atoms with Crippen molar-refractivity contribution in [3.8, 4) is 0 Å². The molecule has 0 saturated carbocycles. The molecule has 0 fully saturated rings. The van der Waals surface area contributed by atoms with E-state index in [0.29, 0.717) is 6.04 Å². The van der Waals surface area contributed by atoms with Gasteiger partial charge in [-0.25, -0.2) is 4.98 Å². The number of nitrogens with one attached hydrogen (secondary N) is 1. The molecule has 17 heavy (non-hydrogen) atoms. The average Bonchev–Trinajstić information content (AvgIpc) is 2.63. The zero-order valence-corrected chi connectivity index (χ0v) is 10.9. The van der Waals surface area contributed by atoms with Gasteiger partial charge in [0, 0.05) is 17.9 Å². The lowest BCUT2D eigenvalue weighted by atomic mass is 10.2. The van der Waals surface area contributed by atoms with Crippen LogP contribution in [0.1, 0.15) is 31.1 Å². The molecule has 0 saturated heterocycles. The Labute approximate surface area is 103 Å². The highest BCUT2D eigenvalue weighted by atomic mass is 15.2. The van der Waals surface area contributed by atoms with Gasteiger partial charge in [0.25, 0.3) is 0 Å². The van der Waals surface area contributed by atoms with Crippen molar-refractivity contribution >= 4 is 11.6 Å². The number of imidazole rings is 1. The molecule has 90 valence electrons. The molecule has 1 aromatic heterocycles. The summed E-state index contributed by atoms with van der Waals surface area (Å²) >= 11 is 0. The van der Waals surface area contributed by atoms with Gasteiger partial charge in [-0.3, -0.25) is 0 Å². The minimum absolute atomic E-state index is 0.405. The van der Waals surface area contributed by atoms with Crippen molar-refractivity contribution in [1.82, 2.24) is 9.55 Å². The van der Waals surface area contributed by atoms with Gasteiger partial charge in [-0.05, 0) is 39.3 Å². The Balaban J connectivity index is 2.33. The van der Waals surface area contributed by atoms with Gasteiger partial charge in [-0.15, -0.1) is 0 Å². The molecule has 3 heteroatoms. The quantitative estimate of drug-likeness (QED) is 0.867. The Morgan fingerprint density at radius 2 is 1.88 bits per heavy atom. The zero-order valence-electron chi connectivity index (χ0n) is 10.9. The normalized spacial score (nSPS) is 10.9. The van der Waals surface area contributed by atoms with Gasteiger partial charge in [0.15, 0.2) is 0 Å². The standard InChI is InChI=1S/C14H19N3/c1-10(2)17-9-12(4)15-14(17)16-13-8-6-5-7-11(13)3/h5-10H,1-4H3,(H,15,16). The van der Waals surface area contributed by atoms with Gasteiger partial charge < -0.3 is 9.88 Å². The molecular weight excluding hydrogens is 210 g/mol. The van der Waals surface area contributed by atoms with E-state index in [1.54, 1.807) is 0 Å².